The van der Waals surface area contributed by atoms with Crippen LogP contribution in [0.1, 0.15) is 50.3 Å². The Balaban J connectivity index is 3.28. The van der Waals surface area contributed by atoms with Gasteiger partial charge in [0.2, 0.25) is 10.0 Å². The number of hydrogen-bond donors (Lipinski definition) is 2. The maximum atomic E-state index is 12.7. The van der Waals surface area contributed by atoms with Gasteiger partial charge in [-0.3, -0.25) is 0 Å². The van der Waals surface area contributed by atoms with Crippen molar-refractivity contribution in [3.8, 4) is 0 Å². The summed E-state index contributed by atoms with van der Waals surface area (Å²) < 4.78 is 28.3. The molecule has 0 fully saturated rings. The lowest BCUT2D eigenvalue weighted by atomic mass is 9.98. The minimum absolute atomic E-state index is 0.381. The number of benzene rings is 1. The molecule has 0 aliphatic rings. The van der Waals surface area contributed by atoms with Gasteiger partial charge < -0.3 is 5.32 Å². The highest BCUT2D eigenvalue weighted by molar-refractivity contribution is 7.89. The molecule has 0 heterocycles. The quantitative estimate of drug-likeness (QED) is 0.814. The second-order valence-electron chi connectivity index (χ2n) is 5.95. The van der Waals surface area contributed by atoms with Gasteiger partial charge in [0, 0.05) is 12.1 Å². The van der Waals surface area contributed by atoms with Gasteiger partial charge in [-0.05, 0) is 63.4 Å². The van der Waals surface area contributed by atoms with Crippen LogP contribution in [0.25, 0.3) is 0 Å². The first-order chi connectivity index (χ1) is 9.69. The fourth-order valence-corrected chi connectivity index (χ4v) is 4.15. The van der Waals surface area contributed by atoms with E-state index in [0.717, 1.165) is 29.5 Å². The Bertz CT molecular complexity index is 591. The molecule has 1 rings (SSSR count). The predicted molar refractivity (Wildman–Crippen MR) is 88.0 cm³/mol. The largest absolute Gasteiger partial charge is 0.316 e. The summed E-state index contributed by atoms with van der Waals surface area (Å²) in [6.45, 7) is 10.5. The predicted octanol–water partition coefficient (Wildman–Crippen LogP) is 2.88. The van der Waals surface area contributed by atoms with Gasteiger partial charge in [-0.2, -0.15) is 0 Å². The molecule has 0 radical (unpaired) electrons. The fourth-order valence-electron chi connectivity index (χ4n) is 2.32. The average Bonchev–Trinajstić information content (AvgIpc) is 2.41. The van der Waals surface area contributed by atoms with Crippen LogP contribution in [0.5, 0.6) is 0 Å². The first-order valence-electron chi connectivity index (χ1n) is 7.47. The highest BCUT2D eigenvalue weighted by atomic mass is 32.2. The van der Waals surface area contributed by atoms with Crippen molar-refractivity contribution in [1.29, 1.82) is 0 Å². The van der Waals surface area contributed by atoms with Gasteiger partial charge in [0.15, 0.2) is 0 Å². The number of aryl methyl sites for hydroxylation is 2. The van der Waals surface area contributed by atoms with Crippen LogP contribution in [-0.2, 0) is 16.6 Å². The van der Waals surface area contributed by atoms with E-state index >= 15 is 0 Å². The molecule has 1 aromatic carbocycles. The van der Waals surface area contributed by atoms with Crippen LogP contribution >= 0.6 is 0 Å². The molecule has 0 aliphatic carbocycles. The molecule has 0 aromatic heterocycles. The molecule has 2 N–H and O–H groups in total. The minimum atomic E-state index is -3.51. The summed E-state index contributed by atoms with van der Waals surface area (Å²) in [5, 5.41) is 3.08. The van der Waals surface area contributed by atoms with E-state index in [1.807, 2.05) is 47.7 Å². The van der Waals surface area contributed by atoms with Gasteiger partial charge in [-0.25, -0.2) is 13.1 Å². The molecular formula is C16H28N2O2S. The highest BCUT2D eigenvalue weighted by Gasteiger charge is 2.28. The Morgan fingerprint density at radius 3 is 2.14 bits per heavy atom. The average molecular weight is 312 g/mol. The van der Waals surface area contributed by atoms with E-state index in [4.69, 9.17) is 0 Å². The lowest BCUT2D eigenvalue weighted by Crippen LogP contribution is -2.45. The summed E-state index contributed by atoms with van der Waals surface area (Å²) in [5.74, 6) is 0. The molecule has 1 aromatic rings. The number of hydrogen-bond acceptors (Lipinski definition) is 3. The van der Waals surface area contributed by atoms with Crippen molar-refractivity contribution >= 4 is 10.0 Å². The zero-order valence-electron chi connectivity index (χ0n) is 14.0. The zero-order chi connectivity index (χ0) is 16.3. The SMILES string of the molecule is CCC(C)(CC)NS(=O)(=O)c1cc(CNC)c(C)cc1C. The molecule has 4 nitrogen and oxygen atoms in total. The van der Waals surface area contributed by atoms with Crippen molar-refractivity contribution in [2.24, 2.45) is 0 Å². The summed E-state index contributed by atoms with van der Waals surface area (Å²) in [6.07, 6.45) is 1.52. The van der Waals surface area contributed by atoms with Gasteiger partial charge in [0.1, 0.15) is 0 Å². The fraction of sp³-hybridized carbons (Fsp3) is 0.625. The minimum Gasteiger partial charge on any atom is -0.316 e. The van der Waals surface area contributed by atoms with Gasteiger partial charge in [-0.15, -0.1) is 0 Å². The standard InChI is InChI=1S/C16H28N2O2S/c1-7-16(5,8-2)18-21(19,20)15-10-14(11-17-6)12(3)9-13(15)4/h9-10,17-18H,7-8,11H2,1-6H3. The molecule has 0 saturated carbocycles. The zero-order valence-corrected chi connectivity index (χ0v) is 14.8. The lowest BCUT2D eigenvalue weighted by molar-refractivity contribution is 0.388. The van der Waals surface area contributed by atoms with E-state index < -0.39 is 15.6 Å². The van der Waals surface area contributed by atoms with Gasteiger partial charge in [0.05, 0.1) is 4.90 Å². The van der Waals surface area contributed by atoms with Gasteiger partial charge >= 0.3 is 0 Å². The molecule has 120 valence electrons. The van der Waals surface area contributed by atoms with Crippen LogP contribution in [0.2, 0.25) is 0 Å². The highest BCUT2D eigenvalue weighted by Crippen LogP contribution is 2.24. The van der Waals surface area contributed by atoms with Crippen LogP contribution in [0.4, 0.5) is 0 Å². The first-order valence-corrected chi connectivity index (χ1v) is 8.96. The first kappa shape index (κ1) is 18.1. The van der Waals surface area contributed by atoms with E-state index in [9.17, 15) is 8.42 Å². The molecule has 21 heavy (non-hydrogen) atoms. The molecule has 0 unspecified atom stereocenters. The number of sulfonamides is 1. The van der Waals surface area contributed by atoms with Gasteiger partial charge in [0.25, 0.3) is 0 Å². The Labute approximate surface area is 129 Å². The monoisotopic (exact) mass is 312 g/mol. The van der Waals surface area contributed by atoms with Crippen LogP contribution in [0.15, 0.2) is 17.0 Å². The lowest BCUT2D eigenvalue weighted by Gasteiger charge is -2.28. The van der Waals surface area contributed by atoms with E-state index in [1.165, 1.54) is 0 Å². The number of rotatable bonds is 7. The topological polar surface area (TPSA) is 58.2 Å². The van der Waals surface area contributed by atoms with E-state index in [-0.39, 0.29) is 0 Å². The molecule has 0 bridgehead atoms. The smallest absolute Gasteiger partial charge is 0.241 e. The molecule has 5 heteroatoms. The van der Waals surface area contributed by atoms with Gasteiger partial charge in [-0.1, -0.05) is 19.9 Å². The summed E-state index contributed by atoms with van der Waals surface area (Å²) in [4.78, 5) is 0.381. The van der Waals surface area contributed by atoms with Crippen LogP contribution < -0.4 is 10.0 Å². The van der Waals surface area contributed by atoms with E-state index in [1.54, 1.807) is 6.07 Å². The third-order valence-corrected chi connectivity index (χ3v) is 6.01. The van der Waals surface area contributed by atoms with Crippen molar-refractivity contribution in [3.05, 3.63) is 28.8 Å². The summed E-state index contributed by atoms with van der Waals surface area (Å²) >= 11 is 0. The van der Waals surface area contributed by atoms with Crippen LogP contribution in [0.3, 0.4) is 0 Å². The van der Waals surface area contributed by atoms with E-state index in [2.05, 4.69) is 10.0 Å². The molecule has 0 amide bonds. The molecule has 0 atom stereocenters. The molecule has 0 spiro atoms. The number of nitrogens with one attached hydrogen (secondary N) is 2. The summed E-state index contributed by atoms with van der Waals surface area (Å²) in [6, 6.07) is 3.73. The Kier molecular flexibility index (Phi) is 5.96. The third kappa shape index (κ3) is 4.28. The van der Waals surface area contributed by atoms with Crippen LogP contribution in [0, 0.1) is 13.8 Å². The molecule has 0 aliphatic heterocycles. The maximum absolute atomic E-state index is 12.7. The van der Waals surface area contributed by atoms with Crippen molar-refractivity contribution in [1.82, 2.24) is 10.0 Å². The van der Waals surface area contributed by atoms with Crippen LogP contribution in [-0.4, -0.2) is 21.0 Å². The van der Waals surface area contributed by atoms with Crippen molar-refractivity contribution in [3.63, 3.8) is 0 Å². The van der Waals surface area contributed by atoms with Crippen molar-refractivity contribution in [2.45, 2.75) is 64.4 Å². The Morgan fingerprint density at radius 2 is 1.67 bits per heavy atom. The maximum Gasteiger partial charge on any atom is 0.241 e. The summed E-state index contributed by atoms with van der Waals surface area (Å²) in [5.41, 5.74) is 2.50. The van der Waals surface area contributed by atoms with Crippen molar-refractivity contribution in [2.75, 3.05) is 7.05 Å². The second kappa shape index (κ2) is 6.90. The Morgan fingerprint density at radius 1 is 1.10 bits per heavy atom. The van der Waals surface area contributed by atoms with E-state index in [0.29, 0.717) is 11.4 Å². The Hall–Kier alpha value is -0.910. The molecular weight excluding hydrogens is 284 g/mol. The second-order valence-corrected chi connectivity index (χ2v) is 7.60. The molecule has 0 saturated heterocycles. The summed E-state index contributed by atoms with van der Waals surface area (Å²) in [7, 11) is -1.65. The third-order valence-electron chi connectivity index (χ3n) is 4.23. The normalized spacial score (nSPS) is 12.7. The van der Waals surface area contributed by atoms with Crippen molar-refractivity contribution < 1.29 is 8.42 Å².